The molecule has 0 bridgehead atoms. The van der Waals surface area contributed by atoms with Crippen LogP contribution >= 0.6 is 0 Å². The Bertz CT molecular complexity index is 1190. The van der Waals surface area contributed by atoms with Gasteiger partial charge in [0.2, 0.25) is 0 Å². The van der Waals surface area contributed by atoms with E-state index < -0.39 is 23.5 Å². The number of nitrogens with zero attached hydrogens (tertiary/aromatic N) is 1. The van der Waals surface area contributed by atoms with Crippen molar-refractivity contribution in [3.8, 4) is 0 Å². The summed E-state index contributed by atoms with van der Waals surface area (Å²) in [5.41, 5.74) is 0.909. The van der Waals surface area contributed by atoms with Gasteiger partial charge in [-0.1, -0.05) is 82.8 Å². The van der Waals surface area contributed by atoms with E-state index in [0.717, 1.165) is 17.7 Å². The van der Waals surface area contributed by atoms with Crippen LogP contribution in [0.5, 0.6) is 0 Å². The Kier molecular flexibility index (Phi) is 13.8. The van der Waals surface area contributed by atoms with Crippen molar-refractivity contribution in [2.45, 2.75) is 47.8 Å². The average molecular weight is 527 g/mol. The lowest BCUT2D eigenvalue weighted by Crippen LogP contribution is -2.34. The molecule has 2 aromatic carbocycles. The predicted octanol–water partition coefficient (Wildman–Crippen LogP) is 6.48. The maximum atomic E-state index is 14.0. The van der Waals surface area contributed by atoms with Crippen LogP contribution in [0, 0.1) is 11.6 Å². The van der Waals surface area contributed by atoms with Crippen LogP contribution in [0.2, 0.25) is 0 Å². The Hall–Kier alpha value is -4.20. The van der Waals surface area contributed by atoms with E-state index in [-0.39, 0.29) is 47.9 Å². The molecule has 0 saturated carbocycles. The number of allylic oxidation sites excluding steroid dienone is 2. The van der Waals surface area contributed by atoms with Crippen molar-refractivity contribution in [3.63, 3.8) is 0 Å². The van der Waals surface area contributed by atoms with Gasteiger partial charge in [0, 0.05) is 36.5 Å². The van der Waals surface area contributed by atoms with Crippen molar-refractivity contribution < 1.29 is 28.2 Å². The third kappa shape index (κ3) is 8.73. The Morgan fingerprint density at radius 1 is 1.08 bits per heavy atom. The van der Waals surface area contributed by atoms with E-state index in [4.69, 9.17) is 4.74 Å². The van der Waals surface area contributed by atoms with E-state index in [9.17, 15) is 23.5 Å². The second-order valence-corrected chi connectivity index (χ2v) is 7.42. The zero-order valence-corrected chi connectivity index (χ0v) is 22.6. The fourth-order valence-corrected chi connectivity index (χ4v) is 3.29. The van der Waals surface area contributed by atoms with Crippen LogP contribution in [0.1, 0.15) is 45.7 Å². The molecular formula is C30H36F2N2O4. The number of halogens is 2. The van der Waals surface area contributed by atoms with Crippen LogP contribution in [0.25, 0.3) is 0 Å². The number of carboxylic acid groups (broad SMARTS) is 1. The molecule has 8 heteroatoms. The third-order valence-corrected chi connectivity index (χ3v) is 5.05. The van der Waals surface area contributed by atoms with Gasteiger partial charge in [0.25, 0.3) is 5.91 Å². The summed E-state index contributed by atoms with van der Waals surface area (Å²) < 4.78 is 33.0. The summed E-state index contributed by atoms with van der Waals surface area (Å²) >= 11 is 0. The van der Waals surface area contributed by atoms with Gasteiger partial charge in [0.05, 0.1) is 5.57 Å². The van der Waals surface area contributed by atoms with Gasteiger partial charge in [-0.3, -0.25) is 4.79 Å². The molecule has 1 amide bonds. The SMILES string of the molecule is C=C1C(C(=O)NCc2ccc(F)cc2F)=CN(C/C=C\C)C(C(=O)O)=C1OCc1ccccc1.CC.CC. The molecule has 2 aromatic rings. The fraction of sp³-hybridized carbons (Fsp3) is 0.267. The van der Waals surface area contributed by atoms with E-state index in [1.54, 1.807) is 19.1 Å². The summed E-state index contributed by atoms with van der Waals surface area (Å²) in [5.74, 6) is -3.39. The number of carbonyl (C=O) groups is 2. The van der Waals surface area contributed by atoms with Crippen LogP contribution in [0.15, 0.2) is 96.1 Å². The average Bonchev–Trinajstić information content (AvgIpc) is 2.93. The highest BCUT2D eigenvalue weighted by Crippen LogP contribution is 2.31. The number of hydrogen-bond donors (Lipinski definition) is 2. The number of hydrogen-bond acceptors (Lipinski definition) is 4. The van der Waals surface area contributed by atoms with E-state index in [1.165, 1.54) is 17.2 Å². The zero-order chi connectivity index (χ0) is 28.7. The highest BCUT2D eigenvalue weighted by atomic mass is 19.1. The van der Waals surface area contributed by atoms with Crippen LogP contribution in [0.4, 0.5) is 8.78 Å². The topological polar surface area (TPSA) is 78.9 Å². The van der Waals surface area contributed by atoms with Crippen molar-refractivity contribution in [1.82, 2.24) is 10.2 Å². The smallest absolute Gasteiger partial charge is 0.356 e. The quantitative estimate of drug-likeness (QED) is 0.366. The zero-order valence-electron chi connectivity index (χ0n) is 22.6. The largest absolute Gasteiger partial charge is 0.486 e. The van der Waals surface area contributed by atoms with E-state index in [2.05, 4.69) is 11.9 Å². The first-order valence-corrected chi connectivity index (χ1v) is 12.5. The molecule has 1 aliphatic heterocycles. The lowest BCUT2D eigenvalue weighted by Gasteiger charge is -2.29. The molecule has 204 valence electrons. The lowest BCUT2D eigenvalue weighted by atomic mass is 10.00. The van der Waals surface area contributed by atoms with Crippen molar-refractivity contribution in [3.05, 3.63) is 119 Å². The summed E-state index contributed by atoms with van der Waals surface area (Å²) in [6, 6.07) is 12.2. The van der Waals surface area contributed by atoms with Gasteiger partial charge in [0.15, 0.2) is 11.5 Å². The third-order valence-electron chi connectivity index (χ3n) is 5.05. The van der Waals surface area contributed by atoms with Crippen LogP contribution in [-0.4, -0.2) is 28.4 Å². The minimum Gasteiger partial charge on any atom is -0.486 e. The van der Waals surface area contributed by atoms with Crippen molar-refractivity contribution >= 4 is 11.9 Å². The molecule has 0 saturated heterocycles. The maximum absolute atomic E-state index is 14.0. The fourth-order valence-electron chi connectivity index (χ4n) is 3.29. The van der Waals surface area contributed by atoms with Gasteiger partial charge in [-0.2, -0.15) is 0 Å². The summed E-state index contributed by atoms with van der Waals surface area (Å²) in [6.07, 6.45) is 4.85. The number of aliphatic carboxylic acids is 1. The number of amides is 1. The van der Waals surface area contributed by atoms with Crippen molar-refractivity contribution in [2.24, 2.45) is 0 Å². The van der Waals surface area contributed by atoms with Crippen molar-refractivity contribution in [2.75, 3.05) is 6.54 Å². The highest BCUT2D eigenvalue weighted by Gasteiger charge is 2.32. The molecule has 38 heavy (non-hydrogen) atoms. The van der Waals surface area contributed by atoms with Crippen LogP contribution in [0.3, 0.4) is 0 Å². The van der Waals surface area contributed by atoms with Crippen molar-refractivity contribution in [1.29, 1.82) is 0 Å². The number of nitrogens with one attached hydrogen (secondary N) is 1. The molecule has 1 aliphatic rings. The Morgan fingerprint density at radius 2 is 1.74 bits per heavy atom. The predicted molar refractivity (Wildman–Crippen MR) is 146 cm³/mol. The van der Waals surface area contributed by atoms with Crippen LogP contribution in [-0.2, 0) is 27.5 Å². The Balaban J connectivity index is 0.00000172. The molecular weight excluding hydrogens is 490 g/mol. The number of carboxylic acids is 1. The molecule has 0 spiro atoms. The molecule has 2 N–H and O–H groups in total. The lowest BCUT2D eigenvalue weighted by molar-refractivity contribution is -0.134. The standard InChI is InChI=1S/C26H24F2N2O4.2C2H6/c1-3-4-12-30-15-21(25(31)29-14-19-10-11-20(27)13-22(19)28)17(2)24(23(30)26(32)33)34-16-18-8-6-5-7-9-18;2*1-2/h3-11,13,15H,2,12,14,16H2,1H3,(H,29,31)(H,32,33);2*1-2H3/b4-3-;;. The second kappa shape index (κ2) is 16.5. The minimum atomic E-state index is -1.24. The minimum absolute atomic E-state index is 0.0403. The molecule has 6 nitrogen and oxygen atoms in total. The normalized spacial score (nSPS) is 12.7. The van der Waals surface area contributed by atoms with E-state index in [0.29, 0.717) is 0 Å². The monoisotopic (exact) mass is 526 g/mol. The molecule has 0 atom stereocenters. The molecule has 0 radical (unpaired) electrons. The molecule has 0 fully saturated rings. The molecule has 0 aliphatic carbocycles. The molecule has 0 unspecified atom stereocenters. The Morgan fingerprint density at radius 3 is 2.32 bits per heavy atom. The van der Waals surface area contributed by atoms with E-state index in [1.807, 2.05) is 58.0 Å². The summed E-state index contributed by atoms with van der Waals surface area (Å²) in [4.78, 5) is 26.4. The van der Waals surface area contributed by atoms with Gasteiger partial charge in [-0.05, 0) is 18.6 Å². The molecule has 3 rings (SSSR count). The first kappa shape index (κ1) is 31.8. The van der Waals surface area contributed by atoms with Gasteiger partial charge in [-0.25, -0.2) is 13.6 Å². The first-order chi connectivity index (χ1) is 18.3. The highest BCUT2D eigenvalue weighted by molar-refractivity contribution is 6.01. The number of rotatable bonds is 9. The maximum Gasteiger partial charge on any atom is 0.356 e. The number of benzene rings is 2. The van der Waals surface area contributed by atoms with Gasteiger partial charge in [-0.15, -0.1) is 0 Å². The number of ether oxygens (including phenoxy) is 1. The van der Waals surface area contributed by atoms with Crippen LogP contribution < -0.4 is 5.32 Å². The number of carbonyl (C=O) groups excluding carboxylic acids is 1. The van der Waals surface area contributed by atoms with Gasteiger partial charge in [0.1, 0.15) is 18.2 Å². The molecule has 0 aromatic heterocycles. The molecule has 1 heterocycles. The Labute approximate surface area is 223 Å². The van der Waals surface area contributed by atoms with E-state index >= 15 is 0 Å². The second-order valence-electron chi connectivity index (χ2n) is 7.42. The van der Waals surface area contributed by atoms with Gasteiger partial charge < -0.3 is 20.1 Å². The summed E-state index contributed by atoms with van der Waals surface area (Å²) in [5, 5.41) is 12.5. The summed E-state index contributed by atoms with van der Waals surface area (Å²) in [7, 11) is 0. The first-order valence-electron chi connectivity index (χ1n) is 12.5. The summed E-state index contributed by atoms with van der Waals surface area (Å²) in [6.45, 7) is 13.7. The van der Waals surface area contributed by atoms with Gasteiger partial charge >= 0.3 is 5.97 Å².